The van der Waals surface area contributed by atoms with Crippen molar-refractivity contribution >= 4 is 5.91 Å². The zero-order valence-electron chi connectivity index (χ0n) is 9.68. The van der Waals surface area contributed by atoms with E-state index in [0.29, 0.717) is 0 Å². The van der Waals surface area contributed by atoms with Crippen LogP contribution in [0.4, 0.5) is 0 Å². The van der Waals surface area contributed by atoms with E-state index in [1.165, 1.54) is 0 Å². The fourth-order valence-electron chi connectivity index (χ4n) is 1.23. The Bertz CT molecular complexity index is 158. The van der Waals surface area contributed by atoms with Crippen molar-refractivity contribution in [2.24, 2.45) is 5.41 Å². The third-order valence-corrected chi connectivity index (χ3v) is 2.09. The highest BCUT2D eigenvalue weighted by molar-refractivity contribution is 5.81. The van der Waals surface area contributed by atoms with Gasteiger partial charge in [0.1, 0.15) is 0 Å². The Balaban J connectivity index is 0. The van der Waals surface area contributed by atoms with Gasteiger partial charge in [-0.05, 0) is 13.3 Å². The summed E-state index contributed by atoms with van der Waals surface area (Å²) in [6.45, 7) is 11.9. The quantitative estimate of drug-likeness (QED) is 0.683. The van der Waals surface area contributed by atoms with Gasteiger partial charge in [0, 0.05) is 18.5 Å². The molecule has 0 saturated carbocycles. The molecule has 0 fully saturated rings. The molecular weight excluding hydrogens is 174 g/mol. The molecule has 0 spiro atoms. The molecule has 0 bridgehead atoms. The minimum Gasteiger partial charge on any atom is -0.343 e. The average Bonchev–Trinajstić information content (AvgIpc) is 2.04. The second-order valence-electron chi connectivity index (χ2n) is 4.49. The standard InChI is InChI=1S/C11H23NO.CH4/c1-6-8-9-12(7-2)10(13)11(3,4)5;/h6-9H2,1-5H3;1H4. The van der Waals surface area contributed by atoms with Gasteiger partial charge in [0.05, 0.1) is 0 Å². The van der Waals surface area contributed by atoms with Crippen molar-refractivity contribution in [3.05, 3.63) is 0 Å². The molecule has 0 aromatic heterocycles. The molecule has 0 radical (unpaired) electrons. The average molecular weight is 201 g/mol. The molecule has 0 aliphatic rings. The van der Waals surface area contributed by atoms with Crippen molar-refractivity contribution in [2.45, 2.75) is 54.9 Å². The first-order chi connectivity index (χ1) is 5.93. The summed E-state index contributed by atoms with van der Waals surface area (Å²) in [5.41, 5.74) is -0.232. The van der Waals surface area contributed by atoms with Gasteiger partial charge in [0.25, 0.3) is 0 Å². The van der Waals surface area contributed by atoms with Gasteiger partial charge < -0.3 is 4.90 Å². The fourth-order valence-corrected chi connectivity index (χ4v) is 1.23. The molecule has 0 heterocycles. The summed E-state index contributed by atoms with van der Waals surface area (Å²) in [5, 5.41) is 0. The predicted molar refractivity (Wildman–Crippen MR) is 63.3 cm³/mol. The number of carbonyl (C=O) groups excluding carboxylic acids is 1. The first-order valence-electron chi connectivity index (χ1n) is 5.22. The third-order valence-electron chi connectivity index (χ3n) is 2.09. The van der Waals surface area contributed by atoms with Gasteiger partial charge in [0.2, 0.25) is 5.91 Å². The van der Waals surface area contributed by atoms with E-state index in [-0.39, 0.29) is 18.7 Å². The van der Waals surface area contributed by atoms with Crippen LogP contribution < -0.4 is 0 Å². The van der Waals surface area contributed by atoms with Crippen LogP contribution in [0.15, 0.2) is 0 Å². The first-order valence-corrected chi connectivity index (χ1v) is 5.22. The van der Waals surface area contributed by atoms with Crippen LogP contribution in [0, 0.1) is 5.41 Å². The smallest absolute Gasteiger partial charge is 0.227 e. The minimum atomic E-state index is -0.232. The maximum Gasteiger partial charge on any atom is 0.227 e. The topological polar surface area (TPSA) is 20.3 Å². The zero-order chi connectivity index (χ0) is 10.5. The van der Waals surface area contributed by atoms with Gasteiger partial charge in [-0.2, -0.15) is 0 Å². The summed E-state index contributed by atoms with van der Waals surface area (Å²) in [6, 6.07) is 0. The lowest BCUT2D eigenvalue weighted by Gasteiger charge is -2.28. The van der Waals surface area contributed by atoms with Crippen LogP contribution in [0.25, 0.3) is 0 Å². The van der Waals surface area contributed by atoms with Crippen LogP contribution in [-0.4, -0.2) is 23.9 Å². The molecule has 14 heavy (non-hydrogen) atoms. The summed E-state index contributed by atoms with van der Waals surface area (Å²) in [4.78, 5) is 13.8. The van der Waals surface area contributed by atoms with Gasteiger partial charge in [-0.25, -0.2) is 0 Å². The summed E-state index contributed by atoms with van der Waals surface area (Å²) in [6.07, 6.45) is 2.25. The van der Waals surface area contributed by atoms with E-state index in [1.807, 2.05) is 32.6 Å². The maximum absolute atomic E-state index is 11.8. The molecule has 2 heteroatoms. The molecule has 0 aromatic carbocycles. The van der Waals surface area contributed by atoms with Crippen LogP contribution in [0.3, 0.4) is 0 Å². The first kappa shape index (κ1) is 15.9. The molecule has 0 aromatic rings. The minimum absolute atomic E-state index is 0. The number of nitrogens with zero attached hydrogens (tertiary/aromatic N) is 1. The van der Waals surface area contributed by atoms with Crippen LogP contribution in [0.1, 0.15) is 54.9 Å². The van der Waals surface area contributed by atoms with Gasteiger partial charge >= 0.3 is 0 Å². The lowest BCUT2D eigenvalue weighted by molar-refractivity contribution is -0.139. The SMILES string of the molecule is C.CCCCN(CC)C(=O)C(C)(C)C. The predicted octanol–water partition coefficient (Wildman–Crippen LogP) is 3.32. The van der Waals surface area contributed by atoms with Gasteiger partial charge in [-0.3, -0.25) is 4.79 Å². The normalized spacial score (nSPS) is 10.6. The van der Waals surface area contributed by atoms with Gasteiger partial charge in [0.15, 0.2) is 0 Å². The van der Waals surface area contributed by atoms with E-state index in [1.54, 1.807) is 0 Å². The maximum atomic E-state index is 11.8. The van der Waals surface area contributed by atoms with Crippen LogP contribution in [-0.2, 0) is 4.79 Å². The van der Waals surface area contributed by atoms with Crippen molar-refractivity contribution < 1.29 is 4.79 Å². The Morgan fingerprint density at radius 2 is 1.71 bits per heavy atom. The Morgan fingerprint density at radius 1 is 1.21 bits per heavy atom. The molecule has 0 saturated heterocycles. The Morgan fingerprint density at radius 3 is 2.00 bits per heavy atom. The van der Waals surface area contributed by atoms with Gasteiger partial charge in [-0.15, -0.1) is 0 Å². The molecule has 0 rings (SSSR count). The lowest BCUT2D eigenvalue weighted by atomic mass is 9.94. The molecule has 2 nitrogen and oxygen atoms in total. The number of carbonyl (C=O) groups is 1. The molecule has 0 aliphatic carbocycles. The van der Waals surface area contributed by atoms with E-state index in [4.69, 9.17) is 0 Å². The molecular formula is C12H27NO. The van der Waals surface area contributed by atoms with Gasteiger partial charge in [-0.1, -0.05) is 41.5 Å². The Kier molecular flexibility index (Phi) is 7.80. The molecule has 0 atom stereocenters. The highest BCUT2D eigenvalue weighted by Gasteiger charge is 2.25. The molecule has 0 N–H and O–H groups in total. The van der Waals surface area contributed by atoms with E-state index in [0.717, 1.165) is 25.9 Å². The van der Waals surface area contributed by atoms with Crippen LogP contribution in [0.5, 0.6) is 0 Å². The highest BCUT2D eigenvalue weighted by Crippen LogP contribution is 2.17. The monoisotopic (exact) mass is 201 g/mol. The van der Waals surface area contributed by atoms with Crippen LogP contribution in [0.2, 0.25) is 0 Å². The van der Waals surface area contributed by atoms with Crippen molar-refractivity contribution in [1.82, 2.24) is 4.90 Å². The van der Waals surface area contributed by atoms with Crippen molar-refractivity contribution in [3.63, 3.8) is 0 Å². The number of rotatable bonds is 4. The second-order valence-corrected chi connectivity index (χ2v) is 4.49. The largest absolute Gasteiger partial charge is 0.343 e. The van der Waals surface area contributed by atoms with E-state index >= 15 is 0 Å². The van der Waals surface area contributed by atoms with Crippen molar-refractivity contribution in [3.8, 4) is 0 Å². The third kappa shape index (κ3) is 5.25. The molecule has 1 amide bonds. The number of hydrogen-bond acceptors (Lipinski definition) is 1. The second kappa shape index (κ2) is 6.86. The number of amides is 1. The Labute approximate surface area is 89.7 Å². The van der Waals surface area contributed by atoms with E-state index in [9.17, 15) is 4.79 Å². The summed E-state index contributed by atoms with van der Waals surface area (Å²) >= 11 is 0. The zero-order valence-corrected chi connectivity index (χ0v) is 9.68. The van der Waals surface area contributed by atoms with Crippen molar-refractivity contribution in [2.75, 3.05) is 13.1 Å². The fraction of sp³-hybridized carbons (Fsp3) is 0.917. The molecule has 0 aliphatic heterocycles. The molecule has 0 unspecified atom stereocenters. The molecule has 86 valence electrons. The van der Waals surface area contributed by atoms with E-state index in [2.05, 4.69) is 6.92 Å². The summed E-state index contributed by atoms with van der Waals surface area (Å²) < 4.78 is 0. The van der Waals surface area contributed by atoms with Crippen molar-refractivity contribution in [1.29, 1.82) is 0 Å². The number of hydrogen-bond donors (Lipinski definition) is 0. The van der Waals surface area contributed by atoms with Crippen LogP contribution >= 0.6 is 0 Å². The highest BCUT2D eigenvalue weighted by atomic mass is 16.2. The summed E-state index contributed by atoms with van der Waals surface area (Å²) in [7, 11) is 0. The summed E-state index contributed by atoms with van der Waals surface area (Å²) in [5.74, 6) is 0.267. The van der Waals surface area contributed by atoms with E-state index < -0.39 is 0 Å². The lowest BCUT2D eigenvalue weighted by Crippen LogP contribution is -2.39. The number of unbranched alkanes of at least 4 members (excludes halogenated alkanes) is 1. The Hall–Kier alpha value is -0.530.